The molecule has 0 bridgehead atoms. The van der Waals surface area contributed by atoms with Gasteiger partial charge in [0.2, 0.25) is 11.9 Å². The molecule has 11 heteroatoms. The van der Waals surface area contributed by atoms with E-state index in [4.69, 9.17) is 22.1 Å². The van der Waals surface area contributed by atoms with Gasteiger partial charge in [-0.2, -0.15) is 15.0 Å². The zero-order chi connectivity index (χ0) is 22.5. The third kappa shape index (κ3) is 5.16. The average Bonchev–Trinajstić information content (AvgIpc) is 2.77. The number of ether oxygens (including phenoxy) is 1. The molecule has 2 aromatic heterocycles. The van der Waals surface area contributed by atoms with E-state index in [1.165, 1.54) is 11.8 Å². The number of nitrogens with zero attached hydrogens (tertiary/aromatic N) is 5. The minimum absolute atomic E-state index is 0.101. The largest absolute Gasteiger partial charge is 0.383 e. The molecule has 0 aliphatic carbocycles. The Bertz CT molecular complexity index is 1300. The zero-order valence-electron chi connectivity index (χ0n) is 17.2. The van der Waals surface area contributed by atoms with Crippen molar-refractivity contribution in [1.82, 2.24) is 24.5 Å². The molecule has 32 heavy (non-hydrogen) atoms. The predicted molar refractivity (Wildman–Crippen MR) is 126 cm³/mol. The molecule has 2 aromatic carbocycles. The number of thioether (sulfide) groups is 1. The second kappa shape index (κ2) is 9.94. The molecule has 0 radical (unpaired) electrons. The minimum atomic E-state index is -0.159. The van der Waals surface area contributed by atoms with Crippen LogP contribution in [0.1, 0.15) is 5.82 Å². The molecule has 9 nitrogen and oxygen atoms in total. The molecule has 0 atom stereocenters. The van der Waals surface area contributed by atoms with Gasteiger partial charge < -0.3 is 15.8 Å². The molecule has 0 fully saturated rings. The van der Waals surface area contributed by atoms with Crippen LogP contribution in [-0.2, 0) is 17.0 Å². The number of methoxy groups -OCH3 is 1. The van der Waals surface area contributed by atoms with Gasteiger partial charge in [0.1, 0.15) is 5.82 Å². The number of para-hydroxylation sites is 1. The summed E-state index contributed by atoms with van der Waals surface area (Å²) in [5.41, 5.74) is 7.08. The van der Waals surface area contributed by atoms with E-state index in [0.29, 0.717) is 51.8 Å². The van der Waals surface area contributed by atoms with Crippen LogP contribution in [0.2, 0.25) is 5.02 Å². The van der Waals surface area contributed by atoms with E-state index in [9.17, 15) is 4.79 Å². The first-order valence-electron chi connectivity index (χ1n) is 9.68. The molecule has 0 aliphatic rings. The Kier molecular flexibility index (Phi) is 6.84. The van der Waals surface area contributed by atoms with E-state index in [-0.39, 0.29) is 11.5 Å². The van der Waals surface area contributed by atoms with Gasteiger partial charge in [-0.3, -0.25) is 9.36 Å². The summed E-state index contributed by atoms with van der Waals surface area (Å²) in [6, 6.07) is 14.5. The summed E-state index contributed by atoms with van der Waals surface area (Å²) in [5, 5.41) is 4.63. The van der Waals surface area contributed by atoms with Crippen LogP contribution < -0.4 is 16.6 Å². The van der Waals surface area contributed by atoms with Gasteiger partial charge in [0.25, 0.3) is 5.56 Å². The normalized spacial score (nSPS) is 11.1. The van der Waals surface area contributed by atoms with Gasteiger partial charge in [-0.25, -0.2) is 4.98 Å². The van der Waals surface area contributed by atoms with Gasteiger partial charge in [0.15, 0.2) is 5.16 Å². The van der Waals surface area contributed by atoms with Crippen LogP contribution in [-0.4, -0.2) is 38.2 Å². The number of anilines is 3. The molecule has 0 amide bonds. The first-order valence-corrected chi connectivity index (χ1v) is 11.0. The SMILES string of the molecule is COCCn1c(SCc2nc(N)nc(Nc3ccccc3)n2)nc2cc(Cl)ccc2c1=O. The number of halogens is 1. The standard InChI is InChI=1S/C21H20ClN7O2S/c1-31-10-9-29-18(30)15-8-7-13(22)11-16(15)25-21(29)32-12-17-26-19(23)28-20(27-17)24-14-5-3-2-4-6-14/h2-8,11H,9-10,12H2,1H3,(H3,23,24,26,27,28). The van der Waals surface area contributed by atoms with E-state index in [1.54, 1.807) is 29.9 Å². The van der Waals surface area contributed by atoms with Crippen LogP contribution in [0.3, 0.4) is 0 Å². The molecule has 4 aromatic rings. The second-order valence-corrected chi connectivity index (χ2v) is 8.10. The van der Waals surface area contributed by atoms with Gasteiger partial charge in [-0.05, 0) is 30.3 Å². The van der Waals surface area contributed by atoms with Crippen molar-refractivity contribution in [3.8, 4) is 0 Å². The zero-order valence-corrected chi connectivity index (χ0v) is 18.7. The predicted octanol–water partition coefficient (Wildman–Crippen LogP) is 3.50. The molecular weight excluding hydrogens is 450 g/mol. The summed E-state index contributed by atoms with van der Waals surface area (Å²) in [5.74, 6) is 1.24. The van der Waals surface area contributed by atoms with Crippen molar-refractivity contribution in [2.24, 2.45) is 0 Å². The molecule has 0 saturated carbocycles. The maximum atomic E-state index is 13.0. The summed E-state index contributed by atoms with van der Waals surface area (Å²) < 4.78 is 6.74. The Hall–Kier alpha value is -3.21. The Labute approximate surface area is 193 Å². The van der Waals surface area contributed by atoms with Crippen molar-refractivity contribution in [2.75, 3.05) is 24.8 Å². The van der Waals surface area contributed by atoms with E-state index < -0.39 is 0 Å². The van der Waals surface area contributed by atoms with E-state index in [0.717, 1.165) is 5.69 Å². The lowest BCUT2D eigenvalue weighted by Gasteiger charge is -2.13. The first kappa shape index (κ1) is 22.0. The van der Waals surface area contributed by atoms with Gasteiger partial charge in [0.05, 0.1) is 29.8 Å². The number of fused-ring (bicyclic) bond motifs is 1. The molecule has 4 rings (SSSR count). The number of hydrogen-bond acceptors (Lipinski definition) is 9. The van der Waals surface area contributed by atoms with Crippen molar-refractivity contribution in [2.45, 2.75) is 17.5 Å². The maximum Gasteiger partial charge on any atom is 0.262 e. The van der Waals surface area contributed by atoms with Crippen LogP contribution in [0, 0.1) is 0 Å². The molecular formula is C21H20ClN7O2S. The fraction of sp³-hybridized carbons (Fsp3) is 0.190. The van der Waals surface area contributed by atoms with Crippen LogP contribution >= 0.6 is 23.4 Å². The van der Waals surface area contributed by atoms with Crippen molar-refractivity contribution >= 4 is 51.8 Å². The summed E-state index contributed by atoms with van der Waals surface area (Å²) in [6.45, 7) is 0.738. The van der Waals surface area contributed by atoms with Crippen LogP contribution in [0.15, 0.2) is 58.5 Å². The van der Waals surface area contributed by atoms with Crippen molar-refractivity contribution < 1.29 is 4.74 Å². The number of hydrogen-bond donors (Lipinski definition) is 2. The Morgan fingerprint density at radius 2 is 1.94 bits per heavy atom. The second-order valence-electron chi connectivity index (χ2n) is 6.72. The highest BCUT2D eigenvalue weighted by Gasteiger charge is 2.14. The van der Waals surface area contributed by atoms with Crippen molar-refractivity contribution in [3.05, 3.63) is 69.7 Å². The van der Waals surface area contributed by atoms with Crippen LogP contribution in [0.5, 0.6) is 0 Å². The lowest BCUT2D eigenvalue weighted by molar-refractivity contribution is 0.183. The highest BCUT2D eigenvalue weighted by atomic mass is 35.5. The highest BCUT2D eigenvalue weighted by molar-refractivity contribution is 7.98. The number of rotatable bonds is 8. The maximum absolute atomic E-state index is 13.0. The third-order valence-electron chi connectivity index (χ3n) is 4.46. The molecule has 0 unspecified atom stereocenters. The third-order valence-corrected chi connectivity index (χ3v) is 5.67. The quantitative estimate of drug-likeness (QED) is 0.295. The van der Waals surface area contributed by atoms with Gasteiger partial charge in [-0.1, -0.05) is 41.6 Å². The Balaban J connectivity index is 1.62. The Morgan fingerprint density at radius 3 is 2.72 bits per heavy atom. The number of nitrogen functional groups attached to an aromatic ring is 1. The van der Waals surface area contributed by atoms with Crippen molar-refractivity contribution in [3.63, 3.8) is 0 Å². The summed E-state index contributed by atoms with van der Waals surface area (Å²) in [6.07, 6.45) is 0. The van der Waals surface area contributed by atoms with E-state index in [1.807, 2.05) is 30.3 Å². The Morgan fingerprint density at radius 1 is 1.12 bits per heavy atom. The molecule has 0 saturated heterocycles. The molecule has 0 spiro atoms. The smallest absolute Gasteiger partial charge is 0.262 e. The van der Waals surface area contributed by atoms with Gasteiger partial charge in [0, 0.05) is 17.8 Å². The topological polar surface area (TPSA) is 121 Å². The monoisotopic (exact) mass is 469 g/mol. The van der Waals surface area contributed by atoms with Gasteiger partial charge in [-0.15, -0.1) is 0 Å². The van der Waals surface area contributed by atoms with Crippen molar-refractivity contribution in [1.29, 1.82) is 0 Å². The summed E-state index contributed by atoms with van der Waals surface area (Å²) in [7, 11) is 1.58. The van der Waals surface area contributed by atoms with E-state index in [2.05, 4.69) is 25.3 Å². The van der Waals surface area contributed by atoms with Gasteiger partial charge >= 0.3 is 0 Å². The number of benzene rings is 2. The molecule has 164 valence electrons. The summed E-state index contributed by atoms with van der Waals surface area (Å²) >= 11 is 7.42. The van der Waals surface area contributed by atoms with E-state index >= 15 is 0 Å². The number of aromatic nitrogens is 5. The first-order chi connectivity index (χ1) is 15.5. The lowest BCUT2D eigenvalue weighted by atomic mass is 10.2. The van der Waals surface area contributed by atoms with Crippen LogP contribution in [0.25, 0.3) is 10.9 Å². The van der Waals surface area contributed by atoms with Crippen LogP contribution in [0.4, 0.5) is 17.6 Å². The molecule has 2 heterocycles. The molecule has 3 N–H and O–H groups in total. The molecule has 0 aliphatic heterocycles. The summed E-state index contributed by atoms with van der Waals surface area (Å²) in [4.78, 5) is 30.5. The lowest BCUT2D eigenvalue weighted by Crippen LogP contribution is -2.25. The number of nitrogens with two attached hydrogens (primary N) is 1. The minimum Gasteiger partial charge on any atom is -0.383 e. The average molecular weight is 470 g/mol. The fourth-order valence-electron chi connectivity index (χ4n) is 3.00. The number of nitrogens with one attached hydrogen (secondary N) is 1. The fourth-order valence-corrected chi connectivity index (χ4v) is 4.05. The highest BCUT2D eigenvalue weighted by Crippen LogP contribution is 2.23.